The highest BCUT2D eigenvalue weighted by Crippen LogP contribution is 2.30. The highest BCUT2D eigenvalue weighted by atomic mass is 19.4. The Kier molecular flexibility index (Phi) is 8.70. The van der Waals surface area contributed by atoms with Crippen LogP contribution in [0.1, 0.15) is 40.7 Å². The number of benzene rings is 2. The van der Waals surface area contributed by atoms with Crippen LogP contribution >= 0.6 is 0 Å². The van der Waals surface area contributed by atoms with Gasteiger partial charge in [-0.1, -0.05) is 24.3 Å². The molecule has 45 heavy (non-hydrogen) atoms. The van der Waals surface area contributed by atoms with Crippen molar-refractivity contribution in [3.05, 3.63) is 71.5 Å². The van der Waals surface area contributed by atoms with Gasteiger partial charge in [0.05, 0.1) is 18.4 Å². The van der Waals surface area contributed by atoms with Crippen molar-refractivity contribution < 1.29 is 22.8 Å². The van der Waals surface area contributed by atoms with Crippen LogP contribution in [0.4, 0.5) is 19.0 Å². The maximum atomic E-state index is 13.1. The number of fused-ring (bicyclic) bond motifs is 1. The molecule has 13 heteroatoms. The Morgan fingerprint density at radius 3 is 2.36 bits per heavy atom. The van der Waals surface area contributed by atoms with Gasteiger partial charge in [0.25, 0.3) is 5.91 Å². The number of piperazine rings is 1. The number of imidazole rings is 1. The van der Waals surface area contributed by atoms with Crippen molar-refractivity contribution in [2.75, 3.05) is 58.2 Å². The number of nitrogens with zero attached hydrogens (tertiary/aromatic N) is 7. The molecule has 2 saturated heterocycles. The van der Waals surface area contributed by atoms with Gasteiger partial charge in [0.15, 0.2) is 17.3 Å². The molecule has 4 aromatic rings. The topological polar surface area (TPSA) is 99.5 Å². The van der Waals surface area contributed by atoms with Crippen molar-refractivity contribution in [3.63, 3.8) is 0 Å². The Hall–Kier alpha value is -4.52. The molecule has 2 aromatic carbocycles. The quantitative estimate of drug-likeness (QED) is 0.278. The van der Waals surface area contributed by atoms with Crippen molar-refractivity contribution in [1.29, 1.82) is 0 Å². The fraction of sp³-hybridized carbons (Fsp3) is 0.406. The van der Waals surface area contributed by atoms with Gasteiger partial charge in [-0.2, -0.15) is 13.2 Å². The van der Waals surface area contributed by atoms with Crippen molar-refractivity contribution in [1.82, 2.24) is 34.2 Å². The first-order chi connectivity index (χ1) is 21.7. The van der Waals surface area contributed by atoms with Gasteiger partial charge >= 0.3 is 6.18 Å². The molecule has 2 fully saturated rings. The fourth-order valence-electron chi connectivity index (χ4n) is 5.68. The maximum Gasteiger partial charge on any atom is 0.416 e. The van der Waals surface area contributed by atoms with E-state index in [1.807, 2.05) is 29.0 Å². The highest BCUT2D eigenvalue weighted by Gasteiger charge is 2.30. The Bertz CT molecular complexity index is 1660. The van der Waals surface area contributed by atoms with Crippen molar-refractivity contribution >= 4 is 28.8 Å². The molecule has 0 saturated carbocycles. The number of amides is 2. The van der Waals surface area contributed by atoms with Crippen LogP contribution in [0.15, 0.2) is 54.9 Å². The predicted molar refractivity (Wildman–Crippen MR) is 164 cm³/mol. The molecule has 1 N–H and O–H groups in total. The van der Waals surface area contributed by atoms with Gasteiger partial charge < -0.3 is 24.6 Å². The SMILES string of the molecule is CN1CCN(C(=O)c2ccc(-c3nc(NCCCN4CCCC4=O)c4ncn(Cc5ccc(C(F)(F)F)cc5)c4n3)cc2)CC1. The molecule has 6 rings (SSSR count). The minimum Gasteiger partial charge on any atom is -0.368 e. The molecule has 2 amide bonds. The molecule has 0 spiro atoms. The molecule has 2 aromatic heterocycles. The molecule has 4 heterocycles. The summed E-state index contributed by atoms with van der Waals surface area (Å²) in [6.45, 7) is 5.28. The van der Waals surface area contributed by atoms with E-state index in [4.69, 9.17) is 9.97 Å². The lowest BCUT2D eigenvalue weighted by Crippen LogP contribution is -2.47. The molecular formula is C32H35F3N8O2. The van der Waals surface area contributed by atoms with Gasteiger partial charge in [0, 0.05) is 63.4 Å². The third-order valence-electron chi connectivity index (χ3n) is 8.35. The Morgan fingerprint density at radius 1 is 0.956 bits per heavy atom. The van der Waals surface area contributed by atoms with E-state index in [0.717, 1.165) is 44.6 Å². The summed E-state index contributed by atoms with van der Waals surface area (Å²) in [7, 11) is 2.04. The first kappa shape index (κ1) is 30.5. The number of nitrogens with one attached hydrogen (secondary N) is 1. The van der Waals surface area contributed by atoms with Gasteiger partial charge in [0.1, 0.15) is 5.52 Å². The number of hydrogen-bond acceptors (Lipinski definition) is 7. The molecule has 0 unspecified atom stereocenters. The van der Waals surface area contributed by atoms with Crippen LogP contribution < -0.4 is 5.32 Å². The summed E-state index contributed by atoms with van der Waals surface area (Å²) < 4.78 is 41.0. The number of halogens is 3. The Morgan fingerprint density at radius 2 is 1.69 bits per heavy atom. The van der Waals surface area contributed by atoms with Gasteiger partial charge in [-0.25, -0.2) is 15.0 Å². The first-order valence-corrected chi connectivity index (χ1v) is 15.1. The van der Waals surface area contributed by atoms with Gasteiger partial charge in [-0.3, -0.25) is 9.59 Å². The summed E-state index contributed by atoms with van der Waals surface area (Å²) in [6.07, 6.45) is -0.595. The largest absolute Gasteiger partial charge is 0.416 e. The second kappa shape index (κ2) is 12.8. The molecule has 0 atom stereocenters. The van der Waals surface area contributed by atoms with Crippen molar-refractivity contribution in [3.8, 4) is 11.4 Å². The van der Waals surface area contributed by atoms with E-state index in [0.29, 0.717) is 72.1 Å². The van der Waals surface area contributed by atoms with E-state index in [9.17, 15) is 22.8 Å². The van der Waals surface area contributed by atoms with Crippen LogP contribution in [0.2, 0.25) is 0 Å². The molecule has 0 bridgehead atoms. The minimum absolute atomic E-state index is 0.0144. The van der Waals surface area contributed by atoms with Crippen LogP contribution in [-0.4, -0.2) is 98.9 Å². The number of likely N-dealkylation sites (N-methyl/N-ethyl adjacent to an activating group) is 1. The molecule has 2 aliphatic heterocycles. The van der Waals surface area contributed by atoms with Crippen LogP contribution in [0.3, 0.4) is 0 Å². The van der Waals surface area contributed by atoms with Gasteiger partial charge in [-0.15, -0.1) is 0 Å². The lowest BCUT2D eigenvalue weighted by molar-refractivity contribution is -0.137. The third kappa shape index (κ3) is 6.93. The molecule has 10 nitrogen and oxygen atoms in total. The predicted octanol–water partition coefficient (Wildman–Crippen LogP) is 4.37. The van der Waals surface area contributed by atoms with E-state index in [2.05, 4.69) is 15.2 Å². The molecule has 0 aliphatic carbocycles. The second-order valence-electron chi connectivity index (χ2n) is 11.6. The number of anilines is 1. The summed E-state index contributed by atoms with van der Waals surface area (Å²) in [5.41, 5.74) is 2.31. The normalized spacial score (nSPS) is 16.1. The number of hydrogen-bond donors (Lipinski definition) is 1. The zero-order chi connectivity index (χ0) is 31.6. The molecule has 0 radical (unpaired) electrons. The van der Waals surface area contributed by atoms with Crippen LogP contribution in [0.5, 0.6) is 0 Å². The Balaban J connectivity index is 1.26. The zero-order valence-corrected chi connectivity index (χ0v) is 25.1. The smallest absolute Gasteiger partial charge is 0.368 e. The lowest BCUT2D eigenvalue weighted by Gasteiger charge is -2.32. The molecule has 2 aliphatic rings. The van der Waals surface area contributed by atoms with Crippen LogP contribution in [0.25, 0.3) is 22.6 Å². The van der Waals surface area contributed by atoms with Crippen LogP contribution in [-0.2, 0) is 17.5 Å². The molecular weight excluding hydrogens is 585 g/mol. The van der Waals surface area contributed by atoms with Crippen molar-refractivity contribution in [2.24, 2.45) is 0 Å². The number of carbonyl (C=O) groups excluding carboxylic acids is 2. The summed E-state index contributed by atoms with van der Waals surface area (Å²) >= 11 is 0. The first-order valence-electron chi connectivity index (χ1n) is 15.1. The summed E-state index contributed by atoms with van der Waals surface area (Å²) in [6, 6.07) is 12.2. The average molecular weight is 621 g/mol. The second-order valence-corrected chi connectivity index (χ2v) is 11.6. The summed E-state index contributed by atoms with van der Waals surface area (Å²) in [4.78, 5) is 45.1. The minimum atomic E-state index is -4.41. The highest BCUT2D eigenvalue weighted by molar-refractivity contribution is 5.95. The standard InChI is InChI=1S/C32H35F3N8O2/c1-40-16-18-42(19-17-40)31(45)24-9-7-23(8-10-24)28-38-29(36-13-3-15-41-14-2-4-26(41)44)27-30(39-28)43(21-37-27)20-22-5-11-25(12-6-22)32(33,34)35/h5-12,21H,2-4,13-20H2,1H3,(H,36,38,39). The monoisotopic (exact) mass is 620 g/mol. The number of aromatic nitrogens is 4. The summed E-state index contributed by atoms with van der Waals surface area (Å²) in [5, 5.41) is 3.36. The van der Waals surface area contributed by atoms with E-state index < -0.39 is 11.7 Å². The van der Waals surface area contributed by atoms with E-state index in [-0.39, 0.29) is 18.4 Å². The van der Waals surface area contributed by atoms with E-state index in [1.54, 1.807) is 23.0 Å². The number of carbonyl (C=O) groups is 2. The molecule has 236 valence electrons. The lowest BCUT2D eigenvalue weighted by atomic mass is 10.1. The van der Waals surface area contributed by atoms with Gasteiger partial charge in [-0.05, 0) is 49.7 Å². The number of likely N-dealkylation sites (tertiary alicyclic amines) is 1. The van der Waals surface area contributed by atoms with Gasteiger partial charge in [0.2, 0.25) is 5.91 Å². The zero-order valence-electron chi connectivity index (χ0n) is 25.1. The fourth-order valence-corrected chi connectivity index (χ4v) is 5.68. The van der Waals surface area contributed by atoms with Crippen molar-refractivity contribution in [2.45, 2.75) is 32.0 Å². The maximum absolute atomic E-state index is 13.1. The third-order valence-corrected chi connectivity index (χ3v) is 8.35. The Labute approximate surface area is 258 Å². The average Bonchev–Trinajstić information content (AvgIpc) is 3.64. The van der Waals surface area contributed by atoms with E-state index in [1.165, 1.54) is 12.1 Å². The summed E-state index contributed by atoms with van der Waals surface area (Å²) in [5.74, 6) is 1.11. The number of alkyl halides is 3. The van der Waals surface area contributed by atoms with E-state index >= 15 is 0 Å². The number of rotatable bonds is 9. The van der Waals surface area contributed by atoms with Crippen LogP contribution in [0, 0.1) is 0 Å².